The van der Waals surface area contributed by atoms with Crippen LogP contribution in [0.2, 0.25) is 0 Å². The lowest BCUT2D eigenvalue weighted by Crippen LogP contribution is -2.33. The quantitative estimate of drug-likeness (QED) is 0.624. The van der Waals surface area contributed by atoms with E-state index < -0.39 is 0 Å². The second-order valence-electron chi connectivity index (χ2n) is 5.00. The maximum absolute atomic E-state index is 11.4. The maximum atomic E-state index is 11.4. The third-order valence-electron chi connectivity index (χ3n) is 2.03. The molecule has 1 N–H and O–H groups in total. The van der Waals surface area contributed by atoms with Crippen LogP contribution in [0.3, 0.4) is 0 Å². The molecule has 0 radical (unpaired) electrons. The Kier molecular flexibility index (Phi) is 5.65. The minimum Gasteiger partial charge on any atom is -0.494 e. The first-order valence-corrected chi connectivity index (χ1v) is 6.12. The molecule has 0 spiro atoms. The van der Waals surface area contributed by atoms with Gasteiger partial charge in [-0.1, -0.05) is 18.2 Å². The smallest absolute Gasteiger partial charge is 0.243 e. The van der Waals surface area contributed by atoms with Crippen LogP contribution in [-0.4, -0.2) is 18.1 Å². The van der Waals surface area contributed by atoms with Gasteiger partial charge in [0.1, 0.15) is 5.75 Å². The normalized spacial score (nSPS) is 11.1. The third-order valence-corrected chi connectivity index (χ3v) is 2.03. The summed E-state index contributed by atoms with van der Waals surface area (Å²) in [6.07, 6.45) is 1.05. The van der Waals surface area contributed by atoms with Gasteiger partial charge in [0, 0.05) is 6.42 Å². The van der Waals surface area contributed by atoms with Crippen molar-refractivity contribution in [1.29, 1.82) is 0 Å². The van der Waals surface area contributed by atoms with Crippen molar-refractivity contribution >= 4 is 5.91 Å². The highest BCUT2D eigenvalue weighted by Gasteiger charge is 2.12. The van der Waals surface area contributed by atoms with Crippen LogP contribution in [0.5, 0.6) is 5.75 Å². The molecule has 1 aromatic carbocycles. The lowest BCUT2D eigenvalue weighted by Gasteiger charge is -2.18. The molecule has 0 aliphatic heterocycles. The number of carbonyl (C=O) groups is 1. The largest absolute Gasteiger partial charge is 0.494 e. The van der Waals surface area contributed by atoms with Crippen molar-refractivity contribution in [3.63, 3.8) is 0 Å². The highest BCUT2D eigenvalue weighted by molar-refractivity contribution is 5.74. The number of para-hydroxylation sites is 1. The van der Waals surface area contributed by atoms with Crippen LogP contribution >= 0.6 is 0 Å². The van der Waals surface area contributed by atoms with Crippen LogP contribution in [0, 0.1) is 0 Å². The first-order chi connectivity index (χ1) is 8.47. The predicted octanol–water partition coefficient (Wildman–Crippen LogP) is 2.69. The lowest BCUT2D eigenvalue weighted by molar-refractivity contribution is -0.145. The molecule has 1 rings (SSSR count). The number of hydrogen-bond donors (Lipinski definition) is 1. The number of benzene rings is 1. The molecule has 18 heavy (non-hydrogen) atoms. The SMILES string of the molecule is CC(C)(C)ONC(=O)CCCOc1ccccc1. The van der Waals surface area contributed by atoms with E-state index in [2.05, 4.69) is 5.48 Å². The minimum absolute atomic E-state index is 0.124. The molecule has 0 atom stereocenters. The van der Waals surface area contributed by atoms with E-state index in [4.69, 9.17) is 9.57 Å². The zero-order chi connectivity index (χ0) is 13.4. The minimum atomic E-state index is -0.365. The Bertz CT molecular complexity index is 357. The van der Waals surface area contributed by atoms with E-state index in [1.54, 1.807) is 0 Å². The van der Waals surface area contributed by atoms with Gasteiger partial charge < -0.3 is 4.74 Å². The summed E-state index contributed by atoms with van der Waals surface area (Å²) in [4.78, 5) is 16.6. The summed E-state index contributed by atoms with van der Waals surface area (Å²) in [6.45, 7) is 6.16. The van der Waals surface area contributed by atoms with Crippen molar-refractivity contribution in [2.45, 2.75) is 39.2 Å². The van der Waals surface area contributed by atoms with E-state index >= 15 is 0 Å². The second kappa shape index (κ2) is 7.01. The van der Waals surface area contributed by atoms with Gasteiger partial charge in [-0.05, 0) is 39.3 Å². The first kappa shape index (κ1) is 14.5. The van der Waals surface area contributed by atoms with Gasteiger partial charge in [0.05, 0.1) is 12.2 Å². The fraction of sp³-hybridized carbons (Fsp3) is 0.500. The van der Waals surface area contributed by atoms with E-state index in [1.807, 2.05) is 51.1 Å². The maximum Gasteiger partial charge on any atom is 0.243 e. The zero-order valence-corrected chi connectivity index (χ0v) is 11.2. The number of carbonyl (C=O) groups excluding carboxylic acids is 1. The third kappa shape index (κ3) is 6.91. The number of hydroxylamine groups is 1. The summed E-state index contributed by atoms with van der Waals surface area (Å²) in [7, 11) is 0. The van der Waals surface area contributed by atoms with Crippen molar-refractivity contribution in [2.24, 2.45) is 0 Å². The van der Waals surface area contributed by atoms with Gasteiger partial charge in [-0.3, -0.25) is 9.63 Å². The van der Waals surface area contributed by atoms with Crippen LogP contribution in [-0.2, 0) is 9.63 Å². The number of ether oxygens (including phenoxy) is 1. The first-order valence-electron chi connectivity index (χ1n) is 6.12. The van der Waals surface area contributed by atoms with Crippen molar-refractivity contribution in [3.8, 4) is 5.75 Å². The molecule has 1 aromatic rings. The fourth-order valence-corrected chi connectivity index (χ4v) is 1.20. The number of hydrogen-bond acceptors (Lipinski definition) is 3. The van der Waals surface area contributed by atoms with Crippen LogP contribution in [0.25, 0.3) is 0 Å². The van der Waals surface area contributed by atoms with Crippen LogP contribution < -0.4 is 10.2 Å². The van der Waals surface area contributed by atoms with Crippen molar-refractivity contribution in [2.75, 3.05) is 6.61 Å². The van der Waals surface area contributed by atoms with Gasteiger partial charge in [-0.25, -0.2) is 5.48 Å². The Balaban J connectivity index is 2.09. The molecule has 100 valence electrons. The Morgan fingerprint density at radius 3 is 2.50 bits per heavy atom. The second-order valence-corrected chi connectivity index (χ2v) is 5.00. The van der Waals surface area contributed by atoms with E-state index in [-0.39, 0.29) is 11.5 Å². The van der Waals surface area contributed by atoms with Crippen LogP contribution in [0.1, 0.15) is 33.6 Å². The number of rotatable bonds is 6. The molecule has 0 saturated carbocycles. The molecule has 0 saturated heterocycles. The molecule has 0 unspecified atom stereocenters. The summed E-state index contributed by atoms with van der Waals surface area (Å²) in [5.41, 5.74) is 2.06. The molecule has 0 fully saturated rings. The Morgan fingerprint density at radius 2 is 1.89 bits per heavy atom. The van der Waals surface area contributed by atoms with E-state index in [1.165, 1.54) is 0 Å². The summed E-state index contributed by atoms with van der Waals surface area (Å²) >= 11 is 0. The monoisotopic (exact) mass is 251 g/mol. The Hall–Kier alpha value is -1.55. The van der Waals surface area contributed by atoms with Crippen molar-refractivity contribution in [3.05, 3.63) is 30.3 Å². The molecular weight excluding hydrogens is 230 g/mol. The van der Waals surface area contributed by atoms with E-state index in [0.717, 1.165) is 5.75 Å². The van der Waals surface area contributed by atoms with Crippen molar-refractivity contribution in [1.82, 2.24) is 5.48 Å². The van der Waals surface area contributed by atoms with Crippen LogP contribution in [0.4, 0.5) is 0 Å². The zero-order valence-electron chi connectivity index (χ0n) is 11.2. The molecule has 0 aliphatic rings. The Labute approximate surface area is 108 Å². The van der Waals surface area contributed by atoms with Gasteiger partial charge in [0.2, 0.25) is 5.91 Å². The topological polar surface area (TPSA) is 47.6 Å². The van der Waals surface area contributed by atoms with Gasteiger partial charge in [-0.2, -0.15) is 0 Å². The van der Waals surface area contributed by atoms with Gasteiger partial charge in [0.15, 0.2) is 0 Å². The summed E-state index contributed by atoms with van der Waals surface area (Å²) in [6, 6.07) is 9.55. The van der Waals surface area contributed by atoms with Gasteiger partial charge >= 0.3 is 0 Å². The molecule has 0 aromatic heterocycles. The van der Waals surface area contributed by atoms with E-state index in [0.29, 0.717) is 19.4 Å². The molecule has 0 bridgehead atoms. The standard InChI is InChI=1S/C14H21NO3/c1-14(2,3)18-15-13(16)10-7-11-17-12-8-5-4-6-9-12/h4-6,8-9H,7,10-11H2,1-3H3,(H,15,16). The van der Waals surface area contributed by atoms with E-state index in [9.17, 15) is 4.79 Å². The van der Waals surface area contributed by atoms with Gasteiger partial charge in [-0.15, -0.1) is 0 Å². The molecule has 0 heterocycles. The summed E-state index contributed by atoms with van der Waals surface area (Å²) < 4.78 is 5.48. The molecule has 0 aliphatic carbocycles. The summed E-state index contributed by atoms with van der Waals surface area (Å²) in [5, 5.41) is 0. The van der Waals surface area contributed by atoms with Crippen molar-refractivity contribution < 1.29 is 14.4 Å². The number of nitrogens with one attached hydrogen (secondary N) is 1. The molecule has 4 nitrogen and oxygen atoms in total. The van der Waals surface area contributed by atoms with Crippen LogP contribution in [0.15, 0.2) is 30.3 Å². The fourth-order valence-electron chi connectivity index (χ4n) is 1.20. The lowest BCUT2D eigenvalue weighted by atomic mass is 10.2. The van der Waals surface area contributed by atoms with Gasteiger partial charge in [0.25, 0.3) is 0 Å². The predicted molar refractivity (Wildman–Crippen MR) is 70.2 cm³/mol. The number of amides is 1. The highest BCUT2D eigenvalue weighted by atomic mass is 16.7. The molecule has 1 amide bonds. The molecule has 4 heteroatoms. The molecular formula is C14H21NO3. The average molecular weight is 251 g/mol. The highest BCUT2D eigenvalue weighted by Crippen LogP contribution is 2.09. The Morgan fingerprint density at radius 1 is 1.22 bits per heavy atom. The summed E-state index contributed by atoms with van der Waals surface area (Å²) in [5.74, 6) is 0.699. The average Bonchev–Trinajstić information content (AvgIpc) is 2.33.